The standard InChI is InChI=1S/C30H59N7O15/c1-30(17(34)3-2-11(51-30)9-36-4-5-38)52-24-12(33)6-13(37-27(46)20(42)14(40)7-31)19(41)26(24)50-29-23(45)25(16(10-39)48-29)49-28-18(35)22(44)21(43)15(8-32)47-28/h11-26,28-29,36,38-45H,2-10,31-35H2,1H3,(H,37,46). The summed E-state index contributed by atoms with van der Waals surface area (Å²) in [7, 11) is 0. The van der Waals surface area contributed by atoms with Crippen molar-refractivity contribution in [1.29, 1.82) is 0 Å². The highest BCUT2D eigenvalue weighted by Crippen LogP contribution is 2.37. The smallest absolute Gasteiger partial charge is 0.251 e. The quantitative estimate of drug-likeness (QED) is 0.0650. The molecule has 3 saturated heterocycles. The molecule has 20 N–H and O–H groups in total. The summed E-state index contributed by atoms with van der Waals surface area (Å²) in [4.78, 5) is 12.8. The molecule has 0 aromatic rings. The number of aliphatic hydroxyl groups is 8. The summed E-state index contributed by atoms with van der Waals surface area (Å²) in [5.41, 5.74) is 30.2. The van der Waals surface area contributed by atoms with Gasteiger partial charge in [-0.2, -0.15) is 0 Å². The van der Waals surface area contributed by atoms with Crippen molar-refractivity contribution in [2.75, 3.05) is 39.4 Å². The first-order valence-corrected chi connectivity index (χ1v) is 17.6. The van der Waals surface area contributed by atoms with Gasteiger partial charge in [0.25, 0.3) is 5.91 Å². The Morgan fingerprint density at radius 1 is 0.904 bits per heavy atom. The van der Waals surface area contributed by atoms with Crippen molar-refractivity contribution in [2.45, 2.75) is 142 Å². The minimum atomic E-state index is -1.93. The Morgan fingerprint density at radius 3 is 2.21 bits per heavy atom. The molecule has 0 bridgehead atoms. The zero-order valence-corrected chi connectivity index (χ0v) is 29.1. The monoisotopic (exact) mass is 757 g/mol. The second kappa shape index (κ2) is 19.0. The highest BCUT2D eigenvalue weighted by Gasteiger charge is 2.55. The third-order valence-corrected chi connectivity index (χ3v) is 10.2. The maximum absolute atomic E-state index is 12.8. The summed E-state index contributed by atoms with van der Waals surface area (Å²) in [5, 5.41) is 88.8. The van der Waals surface area contributed by atoms with Crippen LogP contribution in [0.4, 0.5) is 0 Å². The third kappa shape index (κ3) is 9.72. The van der Waals surface area contributed by atoms with Gasteiger partial charge < -0.3 is 109 Å². The first kappa shape index (κ1) is 43.4. The third-order valence-electron chi connectivity index (χ3n) is 10.2. The van der Waals surface area contributed by atoms with E-state index in [0.717, 1.165) is 0 Å². The molecule has 19 unspecified atom stereocenters. The van der Waals surface area contributed by atoms with E-state index >= 15 is 0 Å². The van der Waals surface area contributed by atoms with Crippen LogP contribution >= 0.6 is 0 Å². The van der Waals surface area contributed by atoms with Crippen molar-refractivity contribution in [1.82, 2.24) is 10.6 Å². The Labute approximate surface area is 300 Å². The minimum absolute atomic E-state index is 0.0777. The van der Waals surface area contributed by atoms with E-state index in [0.29, 0.717) is 25.9 Å². The van der Waals surface area contributed by atoms with Crippen LogP contribution in [0.2, 0.25) is 0 Å². The first-order valence-electron chi connectivity index (χ1n) is 17.6. The van der Waals surface area contributed by atoms with Gasteiger partial charge in [-0.25, -0.2) is 0 Å². The average molecular weight is 758 g/mol. The van der Waals surface area contributed by atoms with Crippen LogP contribution in [0.25, 0.3) is 0 Å². The van der Waals surface area contributed by atoms with Crippen molar-refractivity contribution in [3.05, 3.63) is 0 Å². The zero-order valence-electron chi connectivity index (χ0n) is 29.1. The molecule has 1 amide bonds. The molecule has 3 heterocycles. The highest BCUT2D eigenvalue weighted by molar-refractivity contribution is 5.81. The molecule has 4 fully saturated rings. The van der Waals surface area contributed by atoms with Crippen LogP contribution in [0.1, 0.15) is 26.2 Å². The molecule has 1 aliphatic carbocycles. The minimum Gasteiger partial charge on any atom is -0.395 e. The number of hydrogen-bond acceptors (Lipinski definition) is 21. The summed E-state index contributed by atoms with van der Waals surface area (Å²) in [6, 6.07) is -4.16. The van der Waals surface area contributed by atoms with E-state index in [9.17, 15) is 40.5 Å². The predicted octanol–water partition coefficient (Wildman–Crippen LogP) is -8.99. The van der Waals surface area contributed by atoms with Crippen LogP contribution in [0.15, 0.2) is 0 Å². The van der Waals surface area contributed by atoms with Gasteiger partial charge >= 0.3 is 0 Å². The molecule has 304 valence electrons. The molecule has 0 radical (unpaired) electrons. The molecular weight excluding hydrogens is 698 g/mol. The summed E-state index contributed by atoms with van der Waals surface area (Å²) in [5.74, 6) is -2.54. The molecule has 19 atom stereocenters. The fourth-order valence-corrected chi connectivity index (χ4v) is 6.95. The molecule has 22 heteroatoms. The normalized spacial score (nSPS) is 45.4. The second-order valence-electron chi connectivity index (χ2n) is 14.0. The molecule has 22 nitrogen and oxygen atoms in total. The first-order chi connectivity index (χ1) is 24.6. The van der Waals surface area contributed by atoms with E-state index in [4.69, 9.17) is 62.2 Å². The molecule has 0 spiro atoms. The number of amides is 1. The summed E-state index contributed by atoms with van der Waals surface area (Å²) in [6.45, 7) is 0.912. The van der Waals surface area contributed by atoms with Crippen molar-refractivity contribution in [3.63, 3.8) is 0 Å². The SMILES string of the molecule is CC1(OC2C(N)CC(NC(=O)C(O)C(O)CN)C(O)C2OC2OC(CO)C(OC3OC(CN)C(O)C(O)C3N)C2O)OC(CNCCO)CCC1N. The van der Waals surface area contributed by atoms with Gasteiger partial charge in [-0.1, -0.05) is 0 Å². The van der Waals surface area contributed by atoms with E-state index in [1.807, 2.05) is 0 Å². The van der Waals surface area contributed by atoms with Crippen LogP contribution in [-0.4, -0.2) is 202 Å². The predicted molar refractivity (Wildman–Crippen MR) is 176 cm³/mol. The number of rotatable bonds is 16. The molecule has 52 heavy (non-hydrogen) atoms. The Morgan fingerprint density at radius 2 is 1.58 bits per heavy atom. The van der Waals surface area contributed by atoms with Gasteiger partial charge in [-0.15, -0.1) is 0 Å². The summed E-state index contributed by atoms with van der Waals surface area (Å²) < 4.78 is 36.2. The topological polar surface area (TPSA) is 388 Å². The van der Waals surface area contributed by atoms with Crippen molar-refractivity contribution >= 4 is 5.91 Å². The Bertz CT molecular complexity index is 1120. The van der Waals surface area contributed by atoms with Crippen molar-refractivity contribution < 1.29 is 74.1 Å². The molecular formula is C30H59N7O15. The number of ether oxygens (including phenoxy) is 6. The molecule has 4 rings (SSSR count). The van der Waals surface area contributed by atoms with Gasteiger partial charge in [0.15, 0.2) is 24.5 Å². The van der Waals surface area contributed by atoms with Gasteiger partial charge in [0, 0.05) is 32.2 Å². The van der Waals surface area contributed by atoms with Crippen LogP contribution in [0.5, 0.6) is 0 Å². The Kier molecular flexibility index (Phi) is 15.9. The number of carbonyl (C=O) groups excluding carboxylic acids is 1. The van der Waals surface area contributed by atoms with E-state index in [-0.39, 0.29) is 25.7 Å². The van der Waals surface area contributed by atoms with Gasteiger partial charge in [-0.05, 0) is 26.2 Å². The molecule has 0 aromatic heterocycles. The fourth-order valence-electron chi connectivity index (χ4n) is 6.95. The number of carbonyl (C=O) groups is 1. The highest BCUT2D eigenvalue weighted by atomic mass is 16.8. The lowest BCUT2D eigenvalue weighted by atomic mass is 9.83. The van der Waals surface area contributed by atoms with Gasteiger partial charge in [0.1, 0.15) is 61.0 Å². The summed E-state index contributed by atoms with van der Waals surface area (Å²) >= 11 is 0. The number of nitrogens with one attached hydrogen (secondary N) is 2. The number of aliphatic hydroxyl groups excluding tert-OH is 8. The molecule has 4 aliphatic rings. The van der Waals surface area contributed by atoms with Crippen molar-refractivity contribution in [2.24, 2.45) is 28.7 Å². The molecule has 3 aliphatic heterocycles. The Balaban J connectivity index is 1.58. The van der Waals surface area contributed by atoms with E-state index in [2.05, 4.69) is 10.6 Å². The van der Waals surface area contributed by atoms with Gasteiger partial charge in [-0.3, -0.25) is 4.79 Å². The van der Waals surface area contributed by atoms with E-state index in [1.165, 1.54) is 0 Å². The van der Waals surface area contributed by atoms with E-state index < -0.39 is 129 Å². The largest absolute Gasteiger partial charge is 0.395 e. The van der Waals surface area contributed by atoms with Crippen LogP contribution in [0.3, 0.4) is 0 Å². The van der Waals surface area contributed by atoms with Crippen molar-refractivity contribution in [3.8, 4) is 0 Å². The number of hydrogen-bond donors (Lipinski definition) is 15. The van der Waals surface area contributed by atoms with Gasteiger partial charge in [0.05, 0.1) is 37.4 Å². The van der Waals surface area contributed by atoms with Gasteiger partial charge in [0.2, 0.25) is 0 Å². The van der Waals surface area contributed by atoms with Crippen LogP contribution in [0, 0.1) is 0 Å². The maximum atomic E-state index is 12.8. The Hall–Kier alpha value is -1.33. The lowest BCUT2D eigenvalue weighted by molar-refractivity contribution is -0.330. The maximum Gasteiger partial charge on any atom is 0.251 e. The van der Waals surface area contributed by atoms with Crippen LogP contribution < -0.4 is 39.3 Å². The van der Waals surface area contributed by atoms with Crippen LogP contribution in [-0.2, 0) is 33.2 Å². The summed E-state index contributed by atoms with van der Waals surface area (Å²) in [6.07, 6.45) is -18.7. The average Bonchev–Trinajstić information content (AvgIpc) is 3.42. The number of nitrogens with two attached hydrogens (primary N) is 5. The molecule has 1 saturated carbocycles. The van der Waals surface area contributed by atoms with E-state index in [1.54, 1.807) is 6.92 Å². The second-order valence-corrected chi connectivity index (χ2v) is 14.0. The lowest BCUT2D eigenvalue weighted by Gasteiger charge is -2.50. The fraction of sp³-hybridized carbons (Fsp3) is 0.967. The zero-order chi connectivity index (χ0) is 38.5. The molecule has 0 aromatic carbocycles. The lowest BCUT2D eigenvalue weighted by Crippen LogP contribution is -2.69.